The zero-order chi connectivity index (χ0) is 26.6. The Balaban J connectivity index is 1.23. The predicted octanol–water partition coefficient (Wildman–Crippen LogP) is 4.16. The number of piperidine rings is 1. The number of carbonyl (C=O) groups excluding carboxylic acids is 1. The average Bonchev–Trinajstić information content (AvgIpc) is 3.35. The number of carbonyl (C=O) groups is 1. The Morgan fingerprint density at radius 2 is 1.92 bits per heavy atom. The Bertz CT molecular complexity index is 1490. The van der Waals surface area contributed by atoms with Crippen LogP contribution >= 0.6 is 0 Å². The van der Waals surface area contributed by atoms with Gasteiger partial charge in [0.1, 0.15) is 0 Å². The first-order valence-electron chi connectivity index (χ1n) is 12.9. The molecular weight excluding hydrogens is 488 g/mol. The molecule has 198 valence electrons. The number of amides is 1. The minimum Gasteiger partial charge on any atom is -0.352 e. The van der Waals surface area contributed by atoms with Crippen LogP contribution in [0.2, 0.25) is 0 Å². The van der Waals surface area contributed by atoms with E-state index >= 15 is 0 Å². The van der Waals surface area contributed by atoms with E-state index in [1.54, 1.807) is 32.6 Å². The highest BCUT2D eigenvalue weighted by Crippen LogP contribution is 2.23. The Kier molecular flexibility index (Phi) is 7.64. The number of hydrogen-bond acceptors (Lipinski definition) is 4. The lowest BCUT2D eigenvalue weighted by Gasteiger charge is -2.31. The molecule has 1 saturated heterocycles. The van der Waals surface area contributed by atoms with Crippen molar-refractivity contribution in [2.45, 2.75) is 25.8 Å². The molecule has 0 radical (unpaired) electrons. The van der Waals surface area contributed by atoms with Crippen LogP contribution in [0.3, 0.4) is 0 Å². The maximum absolute atomic E-state index is 13.2. The van der Waals surface area contributed by atoms with Crippen LogP contribution in [0.15, 0.2) is 71.8 Å². The van der Waals surface area contributed by atoms with Crippen LogP contribution < -0.4 is 10.9 Å². The molecule has 1 aliphatic heterocycles. The molecule has 0 saturated carbocycles. The monoisotopic (exact) mass is 519 g/mol. The third-order valence-corrected chi connectivity index (χ3v) is 7.29. The number of rotatable bonds is 8. The number of pyridine rings is 1. The first kappa shape index (κ1) is 25.8. The summed E-state index contributed by atoms with van der Waals surface area (Å²) in [6, 6.07) is 16.9. The van der Waals surface area contributed by atoms with Gasteiger partial charge in [-0.15, -0.1) is 0 Å². The molecule has 3 heterocycles. The van der Waals surface area contributed by atoms with Gasteiger partial charge in [-0.2, -0.15) is 5.10 Å². The molecule has 0 atom stereocenters. The quantitative estimate of drug-likeness (QED) is 0.380. The van der Waals surface area contributed by atoms with Gasteiger partial charge in [-0.1, -0.05) is 18.2 Å². The Morgan fingerprint density at radius 3 is 2.66 bits per heavy atom. The molecule has 1 fully saturated rings. The van der Waals surface area contributed by atoms with Crippen molar-refractivity contribution in [2.24, 2.45) is 13.0 Å². The van der Waals surface area contributed by atoms with Crippen molar-refractivity contribution < 1.29 is 13.6 Å². The largest absolute Gasteiger partial charge is 0.352 e. The number of nitrogens with one attached hydrogen (secondary N) is 1. The van der Waals surface area contributed by atoms with Gasteiger partial charge in [0.05, 0.1) is 18.8 Å². The fourth-order valence-electron chi connectivity index (χ4n) is 5.14. The summed E-state index contributed by atoms with van der Waals surface area (Å²) in [5, 5.41) is 8.70. The summed E-state index contributed by atoms with van der Waals surface area (Å²) < 4.78 is 28.6. The van der Waals surface area contributed by atoms with Gasteiger partial charge >= 0.3 is 0 Å². The molecule has 0 unspecified atom stereocenters. The lowest BCUT2D eigenvalue weighted by molar-refractivity contribution is 0.0683. The first-order chi connectivity index (χ1) is 18.4. The second-order valence-corrected chi connectivity index (χ2v) is 9.94. The van der Waals surface area contributed by atoms with Crippen LogP contribution in [0.25, 0.3) is 22.0 Å². The molecule has 9 heteroatoms. The minimum absolute atomic E-state index is 0.0907. The van der Waals surface area contributed by atoms with E-state index in [1.165, 1.54) is 0 Å². The van der Waals surface area contributed by atoms with Gasteiger partial charge in [-0.05, 0) is 79.2 Å². The second kappa shape index (κ2) is 11.3. The van der Waals surface area contributed by atoms with Crippen LogP contribution in [-0.4, -0.2) is 57.8 Å². The fraction of sp³-hybridized carbons (Fsp3) is 0.345. The maximum Gasteiger partial charge on any atom is 0.258 e. The average molecular weight is 520 g/mol. The molecule has 7 nitrogen and oxygen atoms in total. The second-order valence-electron chi connectivity index (χ2n) is 9.94. The SMILES string of the molecule is Cn1nccc1-c1ccc2c(=O)n(Cc3cccc(C(=O)NCC4CCN(CC(F)F)CC4)c3)ccc2c1. The topological polar surface area (TPSA) is 72.2 Å². The highest BCUT2D eigenvalue weighted by Gasteiger charge is 2.22. The molecule has 2 aromatic heterocycles. The van der Waals surface area contributed by atoms with Crippen molar-refractivity contribution in [2.75, 3.05) is 26.2 Å². The summed E-state index contributed by atoms with van der Waals surface area (Å²) in [6.45, 7) is 1.95. The van der Waals surface area contributed by atoms with Gasteiger partial charge in [0.25, 0.3) is 17.9 Å². The first-order valence-corrected chi connectivity index (χ1v) is 12.9. The summed E-state index contributed by atoms with van der Waals surface area (Å²) in [7, 11) is 1.88. The number of aromatic nitrogens is 3. The number of halogens is 2. The third-order valence-electron chi connectivity index (χ3n) is 7.29. The summed E-state index contributed by atoms with van der Waals surface area (Å²) >= 11 is 0. The Hall–Kier alpha value is -3.85. The van der Waals surface area contributed by atoms with Gasteiger partial charge < -0.3 is 9.88 Å². The van der Waals surface area contributed by atoms with Crippen molar-refractivity contribution in [1.82, 2.24) is 24.6 Å². The highest BCUT2D eigenvalue weighted by molar-refractivity contribution is 5.94. The van der Waals surface area contributed by atoms with Gasteiger partial charge in [-0.25, -0.2) is 8.78 Å². The van der Waals surface area contributed by atoms with E-state index < -0.39 is 6.43 Å². The number of alkyl halides is 2. The van der Waals surface area contributed by atoms with Crippen molar-refractivity contribution in [3.8, 4) is 11.3 Å². The van der Waals surface area contributed by atoms with Gasteiger partial charge in [-0.3, -0.25) is 19.2 Å². The number of fused-ring (bicyclic) bond motifs is 1. The zero-order valence-electron chi connectivity index (χ0n) is 21.3. The molecule has 5 rings (SSSR count). The summed E-state index contributed by atoms with van der Waals surface area (Å²) in [6.07, 6.45) is 2.80. The van der Waals surface area contributed by atoms with E-state index in [-0.39, 0.29) is 23.9 Å². The predicted molar refractivity (Wildman–Crippen MR) is 143 cm³/mol. The van der Waals surface area contributed by atoms with Gasteiger partial charge in [0.2, 0.25) is 0 Å². The van der Waals surface area contributed by atoms with Crippen LogP contribution in [0.4, 0.5) is 8.78 Å². The van der Waals surface area contributed by atoms with E-state index in [2.05, 4.69) is 10.4 Å². The number of hydrogen-bond donors (Lipinski definition) is 1. The fourth-order valence-corrected chi connectivity index (χ4v) is 5.14. The van der Waals surface area contributed by atoms with Crippen LogP contribution in [0.5, 0.6) is 0 Å². The van der Waals surface area contributed by atoms with Crippen LogP contribution in [0, 0.1) is 5.92 Å². The molecule has 4 aromatic rings. The molecule has 0 spiro atoms. The van der Waals surface area contributed by atoms with Crippen molar-refractivity contribution in [1.29, 1.82) is 0 Å². The van der Waals surface area contributed by atoms with E-state index in [0.29, 0.717) is 37.1 Å². The number of benzene rings is 2. The molecule has 2 aromatic carbocycles. The lowest BCUT2D eigenvalue weighted by atomic mass is 9.96. The van der Waals surface area contributed by atoms with Crippen LogP contribution in [0.1, 0.15) is 28.8 Å². The van der Waals surface area contributed by atoms with Gasteiger partial charge in [0.15, 0.2) is 0 Å². The van der Waals surface area contributed by atoms with E-state index in [4.69, 9.17) is 0 Å². The zero-order valence-corrected chi connectivity index (χ0v) is 21.3. The minimum atomic E-state index is -2.31. The summed E-state index contributed by atoms with van der Waals surface area (Å²) in [4.78, 5) is 27.8. The Morgan fingerprint density at radius 1 is 1.11 bits per heavy atom. The number of nitrogens with zero attached hydrogens (tertiary/aromatic N) is 4. The highest BCUT2D eigenvalue weighted by atomic mass is 19.3. The molecule has 38 heavy (non-hydrogen) atoms. The normalized spacial score (nSPS) is 14.8. The molecule has 1 N–H and O–H groups in total. The van der Waals surface area contributed by atoms with E-state index in [1.807, 2.05) is 55.6 Å². The van der Waals surface area contributed by atoms with Crippen molar-refractivity contribution in [3.63, 3.8) is 0 Å². The smallest absolute Gasteiger partial charge is 0.258 e. The molecular formula is C29H31F2N5O2. The van der Waals surface area contributed by atoms with Crippen LogP contribution in [-0.2, 0) is 13.6 Å². The maximum atomic E-state index is 13.2. The molecule has 1 amide bonds. The van der Waals surface area contributed by atoms with Crippen molar-refractivity contribution in [3.05, 3.63) is 88.5 Å². The standard InChI is InChI=1S/C29H31F2N5O2/c1-34-26(7-11-33-34)23-5-6-25-22(16-23)10-14-36(29(25)38)18-21-3-2-4-24(15-21)28(37)32-17-20-8-12-35(13-9-20)19-27(30)31/h2-7,10-11,14-16,20,27H,8-9,12-13,17-19H2,1H3,(H,32,37). The lowest BCUT2D eigenvalue weighted by Crippen LogP contribution is -2.40. The number of likely N-dealkylation sites (tertiary alicyclic amines) is 1. The molecule has 0 bridgehead atoms. The third kappa shape index (κ3) is 5.83. The van der Waals surface area contributed by atoms with Gasteiger partial charge in [0, 0.05) is 42.5 Å². The Labute approximate surface area is 219 Å². The molecule has 0 aliphatic carbocycles. The van der Waals surface area contributed by atoms with E-state index in [9.17, 15) is 18.4 Å². The summed E-state index contributed by atoms with van der Waals surface area (Å²) in [5.74, 6) is 0.112. The van der Waals surface area contributed by atoms with Crippen molar-refractivity contribution >= 4 is 16.7 Å². The molecule has 1 aliphatic rings. The summed E-state index contributed by atoms with van der Waals surface area (Å²) in [5.41, 5.74) is 3.26. The van der Waals surface area contributed by atoms with E-state index in [0.717, 1.165) is 35.0 Å². The number of aryl methyl sites for hydroxylation is 1.